The van der Waals surface area contributed by atoms with Crippen LogP contribution in [0, 0.1) is 11.7 Å². The van der Waals surface area contributed by atoms with Crippen LogP contribution < -0.4 is 5.32 Å². The first-order chi connectivity index (χ1) is 11.3. The van der Waals surface area contributed by atoms with Crippen LogP contribution in [0.25, 0.3) is 0 Å². The smallest absolute Gasteiger partial charge is 0.319 e. The van der Waals surface area contributed by atoms with Gasteiger partial charge in [0.25, 0.3) is 0 Å². The van der Waals surface area contributed by atoms with Crippen molar-refractivity contribution in [2.75, 3.05) is 27.2 Å². The molecule has 132 valence electrons. The third-order valence-corrected chi connectivity index (χ3v) is 4.61. The third kappa shape index (κ3) is 4.38. The molecule has 0 spiro atoms. The molecule has 1 N–H and O–H groups in total. The standard InChI is InChI=1S/C17H23ClFN3O2/c1-11(13-4-5-15(19)14(18)10-13)20-16(23)12-6-8-22(9-7-12)17(24)21(2)3/h4-5,10-12H,6-9H2,1-3H3,(H,20,23). The maximum Gasteiger partial charge on any atom is 0.319 e. The molecule has 0 radical (unpaired) electrons. The summed E-state index contributed by atoms with van der Waals surface area (Å²) in [6.07, 6.45) is 1.28. The first kappa shape index (κ1) is 18.5. The summed E-state index contributed by atoms with van der Waals surface area (Å²) in [7, 11) is 3.44. The summed E-state index contributed by atoms with van der Waals surface area (Å²) >= 11 is 5.79. The van der Waals surface area contributed by atoms with Gasteiger partial charge < -0.3 is 15.1 Å². The number of carbonyl (C=O) groups is 2. The third-order valence-electron chi connectivity index (χ3n) is 4.32. The predicted octanol–water partition coefficient (Wildman–Crippen LogP) is 3.05. The van der Waals surface area contributed by atoms with Crippen molar-refractivity contribution < 1.29 is 14.0 Å². The van der Waals surface area contributed by atoms with E-state index < -0.39 is 5.82 Å². The maximum absolute atomic E-state index is 13.2. The Labute approximate surface area is 146 Å². The lowest BCUT2D eigenvalue weighted by Gasteiger charge is -2.33. The molecule has 1 saturated heterocycles. The van der Waals surface area contributed by atoms with Crippen LogP contribution in [0.4, 0.5) is 9.18 Å². The molecular weight excluding hydrogens is 333 g/mol. The van der Waals surface area contributed by atoms with E-state index in [2.05, 4.69) is 5.32 Å². The lowest BCUT2D eigenvalue weighted by atomic mass is 9.95. The Bertz CT molecular complexity index is 616. The zero-order valence-electron chi connectivity index (χ0n) is 14.2. The first-order valence-electron chi connectivity index (χ1n) is 8.01. The van der Waals surface area contributed by atoms with Crippen LogP contribution in [0.15, 0.2) is 18.2 Å². The highest BCUT2D eigenvalue weighted by molar-refractivity contribution is 6.30. The van der Waals surface area contributed by atoms with Gasteiger partial charge in [0, 0.05) is 33.1 Å². The Morgan fingerprint density at radius 2 is 1.96 bits per heavy atom. The number of nitrogens with zero attached hydrogens (tertiary/aromatic N) is 2. The Morgan fingerprint density at radius 1 is 1.33 bits per heavy atom. The first-order valence-corrected chi connectivity index (χ1v) is 8.39. The highest BCUT2D eigenvalue weighted by Gasteiger charge is 2.28. The number of urea groups is 1. The van der Waals surface area contributed by atoms with Crippen molar-refractivity contribution in [2.24, 2.45) is 5.92 Å². The Balaban J connectivity index is 1.89. The molecule has 1 aromatic carbocycles. The number of piperidine rings is 1. The monoisotopic (exact) mass is 355 g/mol. The van der Waals surface area contributed by atoms with Gasteiger partial charge in [0.15, 0.2) is 0 Å². The van der Waals surface area contributed by atoms with Crippen molar-refractivity contribution in [1.82, 2.24) is 15.1 Å². The second-order valence-corrected chi connectivity index (χ2v) is 6.75. The predicted molar refractivity (Wildman–Crippen MR) is 91.3 cm³/mol. The van der Waals surface area contributed by atoms with Gasteiger partial charge in [-0.3, -0.25) is 4.79 Å². The molecule has 24 heavy (non-hydrogen) atoms. The van der Waals surface area contributed by atoms with Gasteiger partial charge >= 0.3 is 6.03 Å². The molecule has 1 fully saturated rings. The Kier molecular flexibility index (Phi) is 6.04. The van der Waals surface area contributed by atoms with E-state index in [1.165, 1.54) is 12.1 Å². The van der Waals surface area contributed by atoms with Crippen molar-refractivity contribution in [3.05, 3.63) is 34.6 Å². The fraction of sp³-hybridized carbons (Fsp3) is 0.529. The molecule has 0 saturated carbocycles. The Morgan fingerprint density at radius 3 is 2.50 bits per heavy atom. The highest BCUT2D eigenvalue weighted by atomic mass is 35.5. The minimum absolute atomic E-state index is 0.0248. The molecular formula is C17H23ClFN3O2. The van der Waals surface area contributed by atoms with Gasteiger partial charge in [-0.05, 0) is 37.5 Å². The average Bonchev–Trinajstić information content (AvgIpc) is 2.56. The minimum atomic E-state index is -0.475. The molecule has 1 atom stereocenters. The van der Waals surface area contributed by atoms with Crippen LogP contribution in [0.3, 0.4) is 0 Å². The molecule has 0 aliphatic carbocycles. The quantitative estimate of drug-likeness (QED) is 0.906. The number of hydrogen-bond acceptors (Lipinski definition) is 2. The molecule has 1 aromatic rings. The molecule has 7 heteroatoms. The van der Waals surface area contributed by atoms with E-state index in [1.54, 1.807) is 30.0 Å². The van der Waals surface area contributed by atoms with Crippen molar-refractivity contribution >= 4 is 23.5 Å². The van der Waals surface area contributed by atoms with Crippen LogP contribution >= 0.6 is 11.6 Å². The molecule has 2 rings (SSSR count). The number of amides is 3. The molecule has 1 aliphatic rings. The normalized spacial score (nSPS) is 16.6. The molecule has 3 amide bonds. The van der Waals surface area contributed by atoms with E-state index in [-0.39, 0.29) is 28.9 Å². The number of hydrogen-bond donors (Lipinski definition) is 1. The van der Waals surface area contributed by atoms with Crippen LogP contribution in [0.2, 0.25) is 5.02 Å². The van der Waals surface area contributed by atoms with Crippen LogP contribution in [0.1, 0.15) is 31.4 Å². The van der Waals surface area contributed by atoms with Crippen molar-refractivity contribution in [1.29, 1.82) is 0 Å². The topological polar surface area (TPSA) is 52.7 Å². The summed E-state index contributed by atoms with van der Waals surface area (Å²) in [5.41, 5.74) is 0.759. The largest absolute Gasteiger partial charge is 0.349 e. The average molecular weight is 356 g/mol. The van der Waals surface area contributed by atoms with Crippen molar-refractivity contribution in [2.45, 2.75) is 25.8 Å². The number of rotatable bonds is 3. The molecule has 1 unspecified atom stereocenters. The highest BCUT2D eigenvalue weighted by Crippen LogP contribution is 2.23. The van der Waals surface area contributed by atoms with Gasteiger partial charge in [-0.2, -0.15) is 0 Å². The van der Waals surface area contributed by atoms with Crippen LogP contribution in [-0.2, 0) is 4.79 Å². The lowest BCUT2D eigenvalue weighted by Crippen LogP contribution is -2.46. The number of benzene rings is 1. The van der Waals surface area contributed by atoms with Gasteiger partial charge in [-0.15, -0.1) is 0 Å². The van der Waals surface area contributed by atoms with Gasteiger partial charge in [0.2, 0.25) is 5.91 Å². The van der Waals surface area contributed by atoms with Crippen LogP contribution in [0.5, 0.6) is 0 Å². The van der Waals surface area contributed by atoms with Gasteiger partial charge in [-0.25, -0.2) is 9.18 Å². The second kappa shape index (κ2) is 7.83. The van der Waals surface area contributed by atoms with Gasteiger partial charge in [-0.1, -0.05) is 17.7 Å². The van der Waals surface area contributed by atoms with Gasteiger partial charge in [0.05, 0.1) is 11.1 Å². The fourth-order valence-electron chi connectivity index (χ4n) is 2.81. The number of carbonyl (C=O) groups excluding carboxylic acids is 2. The van der Waals surface area contributed by atoms with E-state index in [4.69, 9.17) is 11.6 Å². The summed E-state index contributed by atoms with van der Waals surface area (Å²) in [5.74, 6) is -0.633. The van der Waals surface area contributed by atoms with E-state index in [0.29, 0.717) is 25.9 Å². The number of nitrogens with one attached hydrogen (secondary N) is 1. The zero-order valence-corrected chi connectivity index (χ0v) is 14.9. The van der Waals surface area contributed by atoms with Crippen LogP contribution in [-0.4, -0.2) is 48.9 Å². The summed E-state index contributed by atoms with van der Waals surface area (Å²) in [5, 5.41) is 2.99. The van der Waals surface area contributed by atoms with Gasteiger partial charge in [0.1, 0.15) is 5.82 Å². The minimum Gasteiger partial charge on any atom is -0.349 e. The maximum atomic E-state index is 13.2. The molecule has 5 nitrogen and oxygen atoms in total. The Hall–Kier alpha value is -1.82. The number of halogens is 2. The van der Waals surface area contributed by atoms with E-state index in [1.807, 2.05) is 6.92 Å². The van der Waals surface area contributed by atoms with E-state index in [9.17, 15) is 14.0 Å². The summed E-state index contributed by atoms with van der Waals surface area (Å²) < 4.78 is 13.2. The lowest BCUT2D eigenvalue weighted by molar-refractivity contribution is -0.126. The van der Waals surface area contributed by atoms with Crippen molar-refractivity contribution in [3.63, 3.8) is 0 Å². The zero-order chi connectivity index (χ0) is 17.9. The fourth-order valence-corrected chi connectivity index (χ4v) is 3.00. The second-order valence-electron chi connectivity index (χ2n) is 6.34. The molecule has 1 aliphatic heterocycles. The summed E-state index contributed by atoms with van der Waals surface area (Å²) in [4.78, 5) is 27.6. The van der Waals surface area contributed by atoms with E-state index >= 15 is 0 Å². The summed E-state index contributed by atoms with van der Waals surface area (Å²) in [6.45, 7) is 2.99. The van der Waals surface area contributed by atoms with E-state index in [0.717, 1.165) is 5.56 Å². The summed E-state index contributed by atoms with van der Waals surface area (Å²) in [6, 6.07) is 4.16. The molecule has 1 heterocycles. The van der Waals surface area contributed by atoms with Crippen molar-refractivity contribution in [3.8, 4) is 0 Å². The SMILES string of the molecule is CC(NC(=O)C1CCN(C(=O)N(C)C)CC1)c1ccc(F)c(Cl)c1. The number of likely N-dealkylation sites (tertiary alicyclic amines) is 1. The molecule has 0 bridgehead atoms. The molecule has 0 aromatic heterocycles.